The van der Waals surface area contributed by atoms with Crippen LogP contribution in [0.2, 0.25) is 0 Å². The fraction of sp³-hybridized carbons (Fsp3) is 0.278. The quantitative estimate of drug-likeness (QED) is 0.763. The zero-order valence-corrected chi connectivity index (χ0v) is 14.3. The highest BCUT2D eigenvalue weighted by Crippen LogP contribution is 2.28. The van der Waals surface area contributed by atoms with Gasteiger partial charge in [0.05, 0.1) is 6.61 Å². The number of carboxylic acid groups (broad SMARTS) is 1. The molecule has 6 heteroatoms. The largest absolute Gasteiger partial charge is 0.493 e. The Balaban J connectivity index is 0.00000288. The third kappa shape index (κ3) is 5.44. The first-order chi connectivity index (χ1) is 11.1. The van der Waals surface area contributed by atoms with Gasteiger partial charge in [-0.2, -0.15) is 0 Å². The zero-order chi connectivity index (χ0) is 16.7. The summed E-state index contributed by atoms with van der Waals surface area (Å²) in [5, 5.41) is 9.38. The van der Waals surface area contributed by atoms with Crippen molar-refractivity contribution in [3.8, 4) is 11.5 Å². The van der Waals surface area contributed by atoms with Crippen molar-refractivity contribution in [3.05, 3.63) is 59.7 Å². The summed E-state index contributed by atoms with van der Waals surface area (Å²) < 4.78 is 11.0. The number of ether oxygens (including phenoxy) is 2. The predicted molar refractivity (Wildman–Crippen MR) is 95.4 cm³/mol. The molecule has 5 nitrogen and oxygen atoms in total. The summed E-state index contributed by atoms with van der Waals surface area (Å²) in [5.74, 6) is -0.512. The molecule has 0 saturated heterocycles. The van der Waals surface area contributed by atoms with Crippen LogP contribution < -0.4 is 15.2 Å². The highest BCUT2D eigenvalue weighted by molar-refractivity contribution is 5.94. The van der Waals surface area contributed by atoms with Gasteiger partial charge in [0.25, 0.3) is 0 Å². The molecule has 1 atom stereocenters. The summed E-state index contributed by atoms with van der Waals surface area (Å²) >= 11 is 0. The van der Waals surface area contributed by atoms with E-state index in [0.29, 0.717) is 18.8 Å². The molecule has 2 aromatic carbocycles. The van der Waals surface area contributed by atoms with Crippen molar-refractivity contribution in [1.82, 2.24) is 0 Å². The van der Waals surface area contributed by atoms with Crippen LogP contribution in [-0.2, 0) is 6.42 Å². The number of halogens is 1. The van der Waals surface area contributed by atoms with E-state index in [2.05, 4.69) is 0 Å². The Morgan fingerprint density at radius 2 is 1.71 bits per heavy atom. The van der Waals surface area contributed by atoms with Gasteiger partial charge in [-0.25, -0.2) is 4.79 Å². The highest BCUT2D eigenvalue weighted by atomic mass is 35.5. The van der Waals surface area contributed by atoms with E-state index in [1.807, 2.05) is 30.3 Å². The van der Waals surface area contributed by atoms with E-state index in [4.69, 9.17) is 15.2 Å². The molecule has 0 spiro atoms. The minimum absolute atomic E-state index is 0. The predicted octanol–water partition coefficient (Wildman–Crippen LogP) is 3.15. The lowest BCUT2D eigenvalue weighted by atomic mass is 10.1. The molecule has 0 fully saturated rings. The van der Waals surface area contributed by atoms with Crippen molar-refractivity contribution in [1.29, 1.82) is 0 Å². The van der Waals surface area contributed by atoms with Crippen molar-refractivity contribution in [2.24, 2.45) is 5.73 Å². The molecular formula is C18H22ClNO4. The van der Waals surface area contributed by atoms with Crippen LogP contribution in [-0.4, -0.2) is 30.3 Å². The van der Waals surface area contributed by atoms with Crippen LogP contribution in [0.4, 0.5) is 0 Å². The van der Waals surface area contributed by atoms with Crippen LogP contribution in [0.15, 0.2) is 48.5 Å². The first-order valence-electron chi connectivity index (χ1n) is 7.53. The Labute approximate surface area is 147 Å². The summed E-state index contributed by atoms with van der Waals surface area (Å²) in [6.07, 6.45) is 0.661. The molecule has 0 aliphatic carbocycles. The van der Waals surface area contributed by atoms with Gasteiger partial charge in [-0.05, 0) is 31.0 Å². The minimum atomic E-state index is -1.08. The molecule has 0 heterocycles. The van der Waals surface area contributed by atoms with E-state index in [-0.39, 0.29) is 36.4 Å². The molecule has 0 aromatic heterocycles. The SMILES string of the molecule is CCOc1cccc(OCC(N)Cc2ccccc2)c1C(=O)O.Cl. The maximum atomic E-state index is 11.5. The van der Waals surface area contributed by atoms with E-state index in [1.54, 1.807) is 25.1 Å². The van der Waals surface area contributed by atoms with Gasteiger partial charge >= 0.3 is 5.97 Å². The summed E-state index contributed by atoms with van der Waals surface area (Å²) in [7, 11) is 0. The molecule has 24 heavy (non-hydrogen) atoms. The first kappa shape index (κ1) is 19.8. The van der Waals surface area contributed by atoms with E-state index >= 15 is 0 Å². The average Bonchev–Trinajstić information content (AvgIpc) is 2.54. The van der Waals surface area contributed by atoms with Crippen molar-refractivity contribution >= 4 is 18.4 Å². The average molecular weight is 352 g/mol. The van der Waals surface area contributed by atoms with Crippen LogP contribution in [0.3, 0.4) is 0 Å². The Morgan fingerprint density at radius 1 is 1.08 bits per heavy atom. The number of carbonyl (C=O) groups is 1. The number of benzene rings is 2. The summed E-state index contributed by atoms with van der Waals surface area (Å²) in [6.45, 7) is 2.41. The van der Waals surface area contributed by atoms with Crippen molar-refractivity contribution in [3.63, 3.8) is 0 Å². The maximum Gasteiger partial charge on any atom is 0.343 e. The van der Waals surface area contributed by atoms with Gasteiger partial charge in [-0.3, -0.25) is 0 Å². The molecule has 2 rings (SSSR count). The number of carboxylic acids is 1. The number of rotatable bonds is 8. The second kappa shape index (κ2) is 9.80. The first-order valence-corrected chi connectivity index (χ1v) is 7.53. The van der Waals surface area contributed by atoms with E-state index in [9.17, 15) is 9.90 Å². The lowest BCUT2D eigenvalue weighted by molar-refractivity contribution is 0.0687. The Hall–Kier alpha value is -2.24. The molecule has 0 saturated carbocycles. The number of hydrogen-bond donors (Lipinski definition) is 2. The van der Waals surface area contributed by atoms with Gasteiger partial charge in [0, 0.05) is 6.04 Å². The molecule has 1 unspecified atom stereocenters. The van der Waals surface area contributed by atoms with Gasteiger partial charge in [-0.1, -0.05) is 36.4 Å². The lowest BCUT2D eigenvalue weighted by Gasteiger charge is -2.16. The van der Waals surface area contributed by atoms with Crippen LogP contribution in [0.1, 0.15) is 22.8 Å². The molecule has 2 aromatic rings. The van der Waals surface area contributed by atoms with Crippen LogP contribution in [0, 0.1) is 0 Å². The molecule has 0 aliphatic heterocycles. The number of hydrogen-bond acceptors (Lipinski definition) is 4. The Morgan fingerprint density at radius 3 is 2.29 bits per heavy atom. The molecular weight excluding hydrogens is 330 g/mol. The van der Waals surface area contributed by atoms with Gasteiger partial charge in [0.2, 0.25) is 0 Å². The summed E-state index contributed by atoms with van der Waals surface area (Å²) in [5.41, 5.74) is 7.22. The fourth-order valence-electron chi connectivity index (χ4n) is 2.29. The molecule has 0 amide bonds. The minimum Gasteiger partial charge on any atom is -0.493 e. The molecule has 0 bridgehead atoms. The number of aromatic carboxylic acids is 1. The highest BCUT2D eigenvalue weighted by Gasteiger charge is 2.18. The zero-order valence-electron chi connectivity index (χ0n) is 13.5. The van der Waals surface area contributed by atoms with E-state index < -0.39 is 5.97 Å². The van der Waals surface area contributed by atoms with Crippen molar-refractivity contribution < 1.29 is 19.4 Å². The van der Waals surface area contributed by atoms with Crippen molar-refractivity contribution in [2.75, 3.05) is 13.2 Å². The van der Waals surface area contributed by atoms with Crippen LogP contribution in [0.5, 0.6) is 11.5 Å². The van der Waals surface area contributed by atoms with Gasteiger partial charge < -0.3 is 20.3 Å². The molecule has 0 radical (unpaired) electrons. The third-order valence-corrected chi connectivity index (χ3v) is 3.30. The van der Waals surface area contributed by atoms with Gasteiger partial charge in [-0.15, -0.1) is 12.4 Å². The standard InChI is InChI=1S/C18H21NO4.ClH/c1-2-22-15-9-6-10-16(17(15)18(20)21)23-12-14(19)11-13-7-4-3-5-8-13;/h3-10,14H,2,11-12,19H2,1H3,(H,20,21);1H. The number of nitrogens with two attached hydrogens (primary N) is 1. The Kier molecular flexibility index (Phi) is 8.09. The van der Waals surface area contributed by atoms with Gasteiger partial charge in [0.1, 0.15) is 23.7 Å². The second-order valence-electron chi connectivity index (χ2n) is 5.13. The molecule has 0 aliphatic rings. The summed E-state index contributed by atoms with van der Waals surface area (Å²) in [4.78, 5) is 11.5. The fourth-order valence-corrected chi connectivity index (χ4v) is 2.29. The van der Waals surface area contributed by atoms with Gasteiger partial charge in [0.15, 0.2) is 0 Å². The topological polar surface area (TPSA) is 81.8 Å². The van der Waals surface area contributed by atoms with Crippen LogP contribution >= 0.6 is 12.4 Å². The third-order valence-electron chi connectivity index (χ3n) is 3.30. The van der Waals surface area contributed by atoms with E-state index in [1.165, 1.54) is 0 Å². The maximum absolute atomic E-state index is 11.5. The monoisotopic (exact) mass is 351 g/mol. The molecule has 130 valence electrons. The Bertz CT molecular complexity index is 649. The van der Waals surface area contributed by atoms with Crippen molar-refractivity contribution in [2.45, 2.75) is 19.4 Å². The molecule has 3 N–H and O–H groups in total. The normalized spacial score (nSPS) is 11.2. The lowest BCUT2D eigenvalue weighted by Crippen LogP contribution is -2.30. The summed E-state index contributed by atoms with van der Waals surface area (Å²) in [6, 6.07) is 14.6. The van der Waals surface area contributed by atoms with Crippen LogP contribution in [0.25, 0.3) is 0 Å². The smallest absolute Gasteiger partial charge is 0.343 e. The second-order valence-corrected chi connectivity index (χ2v) is 5.13. The van der Waals surface area contributed by atoms with E-state index in [0.717, 1.165) is 5.56 Å².